The number of phenolic OH excluding ortho intramolecular Hbond substituents is 1. The van der Waals surface area contributed by atoms with E-state index < -0.39 is 0 Å². The van der Waals surface area contributed by atoms with E-state index in [-0.39, 0.29) is 24.0 Å². The maximum atomic E-state index is 13.4. The van der Waals surface area contributed by atoms with Gasteiger partial charge in [-0.05, 0) is 35.4 Å². The molecule has 3 heterocycles. The molecule has 136 valence electrons. The third-order valence-electron chi connectivity index (χ3n) is 5.08. The fourth-order valence-corrected chi connectivity index (χ4v) is 3.69. The van der Waals surface area contributed by atoms with Crippen LogP contribution >= 0.6 is 0 Å². The quantitative estimate of drug-likeness (QED) is 0.443. The van der Waals surface area contributed by atoms with Crippen LogP contribution in [0.25, 0.3) is 22.2 Å². The van der Waals surface area contributed by atoms with Gasteiger partial charge in [0.15, 0.2) is 5.78 Å². The summed E-state index contributed by atoms with van der Waals surface area (Å²) in [5.41, 5.74) is 3.94. The number of carbonyl (C=O) groups excluding carboxylic acids is 2. The summed E-state index contributed by atoms with van der Waals surface area (Å²) in [5, 5.41) is 13.8. The van der Waals surface area contributed by atoms with Crippen LogP contribution in [0.15, 0.2) is 60.9 Å². The minimum atomic E-state index is -0.274. The van der Waals surface area contributed by atoms with Crippen molar-refractivity contribution in [2.45, 2.75) is 6.54 Å². The van der Waals surface area contributed by atoms with E-state index in [9.17, 15) is 14.7 Å². The minimum absolute atomic E-state index is 0.0323. The number of nitrogens with zero attached hydrogens (tertiary/aromatic N) is 1. The average molecular weight is 369 g/mol. The molecule has 2 aromatic heterocycles. The molecule has 0 saturated heterocycles. The first-order valence-electron chi connectivity index (χ1n) is 8.84. The standard InChI is InChI=1S/C22H15N3O3/c26-18-6-2-5-15-16(18)10-25-22(28)13-4-1-3-12(9-13)14-7-8-23-21-19(14)17(11-24-21)20(15)27/h1-9,11,26H,10H2,(H,23,24)(H,25,28). The van der Waals surface area contributed by atoms with E-state index in [0.717, 1.165) is 11.1 Å². The molecule has 2 aromatic carbocycles. The van der Waals surface area contributed by atoms with Crippen LogP contribution in [0.3, 0.4) is 0 Å². The van der Waals surface area contributed by atoms with Gasteiger partial charge in [0.2, 0.25) is 0 Å². The number of aromatic amines is 1. The highest BCUT2D eigenvalue weighted by Crippen LogP contribution is 2.33. The summed E-state index contributed by atoms with van der Waals surface area (Å²) in [6.07, 6.45) is 3.31. The van der Waals surface area contributed by atoms with Crippen molar-refractivity contribution in [1.82, 2.24) is 15.3 Å². The van der Waals surface area contributed by atoms with Crippen molar-refractivity contribution in [2.75, 3.05) is 0 Å². The second-order valence-electron chi connectivity index (χ2n) is 6.68. The van der Waals surface area contributed by atoms with Crippen LogP contribution in [-0.2, 0) is 6.54 Å². The maximum Gasteiger partial charge on any atom is 0.251 e. The Balaban J connectivity index is 1.87. The van der Waals surface area contributed by atoms with Crippen LogP contribution in [0, 0.1) is 0 Å². The lowest BCUT2D eigenvalue weighted by atomic mass is 9.93. The Morgan fingerprint density at radius 2 is 1.75 bits per heavy atom. The molecule has 0 fully saturated rings. The number of aromatic nitrogens is 2. The van der Waals surface area contributed by atoms with Gasteiger partial charge in [-0.1, -0.05) is 24.3 Å². The Kier molecular flexibility index (Phi) is 3.52. The molecule has 4 aromatic rings. The summed E-state index contributed by atoms with van der Waals surface area (Å²) in [7, 11) is 0. The molecule has 0 spiro atoms. The zero-order chi connectivity index (χ0) is 19.3. The summed E-state index contributed by atoms with van der Waals surface area (Å²) in [4.78, 5) is 33.4. The minimum Gasteiger partial charge on any atom is -0.508 e. The highest BCUT2D eigenvalue weighted by Gasteiger charge is 2.23. The number of amides is 1. The third kappa shape index (κ3) is 2.39. The first kappa shape index (κ1) is 16.3. The van der Waals surface area contributed by atoms with Crippen molar-refractivity contribution in [2.24, 2.45) is 0 Å². The van der Waals surface area contributed by atoms with Crippen molar-refractivity contribution in [3.63, 3.8) is 0 Å². The van der Waals surface area contributed by atoms with Gasteiger partial charge in [0.05, 0.1) is 5.56 Å². The zero-order valence-electron chi connectivity index (χ0n) is 14.7. The molecule has 2 bridgehead atoms. The van der Waals surface area contributed by atoms with E-state index in [1.165, 1.54) is 6.07 Å². The van der Waals surface area contributed by atoms with Gasteiger partial charge in [-0.3, -0.25) is 9.59 Å². The number of fused-ring (bicyclic) bond motifs is 4. The van der Waals surface area contributed by atoms with Crippen molar-refractivity contribution < 1.29 is 14.7 Å². The second-order valence-corrected chi connectivity index (χ2v) is 6.68. The van der Waals surface area contributed by atoms with Crippen LogP contribution in [0.4, 0.5) is 0 Å². The van der Waals surface area contributed by atoms with Gasteiger partial charge in [-0.2, -0.15) is 0 Å². The Morgan fingerprint density at radius 1 is 0.929 bits per heavy atom. The predicted molar refractivity (Wildman–Crippen MR) is 104 cm³/mol. The molecule has 28 heavy (non-hydrogen) atoms. The Bertz CT molecular complexity index is 1270. The molecule has 1 aliphatic heterocycles. The number of hydrogen-bond donors (Lipinski definition) is 3. The number of H-pyrrole nitrogens is 1. The second kappa shape index (κ2) is 6.06. The number of aromatic hydroxyl groups is 1. The molecule has 6 nitrogen and oxygen atoms in total. The number of benzene rings is 2. The number of hydrogen-bond acceptors (Lipinski definition) is 4. The van der Waals surface area contributed by atoms with Crippen LogP contribution < -0.4 is 5.32 Å². The van der Waals surface area contributed by atoms with Crippen LogP contribution in [0.2, 0.25) is 0 Å². The van der Waals surface area contributed by atoms with Crippen LogP contribution in [0.5, 0.6) is 5.75 Å². The van der Waals surface area contributed by atoms with Crippen LogP contribution in [-0.4, -0.2) is 26.8 Å². The lowest BCUT2D eigenvalue weighted by Crippen LogP contribution is -2.24. The SMILES string of the molecule is O=C1NCc2c(O)cccc2C(=O)c2c[nH]c3nccc(c23)-c2cccc1c2. The Labute approximate surface area is 159 Å². The normalized spacial score (nSPS) is 13.4. The topological polar surface area (TPSA) is 95.1 Å². The first-order valence-corrected chi connectivity index (χ1v) is 8.84. The zero-order valence-corrected chi connectivity index (χ0v) is 14.7. The summed E-state index contributed by atoms with van der Waals surface area (Å²) >= 11 is 0. The maximum absolute atomic E-state index is 13.4. The van der Waals surface area contributed by atoms with Gasteiger partial charge in [0.25, 0.3) is 5.91 Å². The summed E-state index contributed by atoms with van der Waals surface area (Å²) in [6.45, 7) is 0.0459. The lowest BCUT2D eigenvalue weighted by Gasteiger charge is -2.14. The van der Waals surface area contributed by atoms with E-state index in [1.807, 2.05) is 18.2 Å². The van der Waals surface area contributed by atoms with Gasteiger partial charge >= 0.3 is 0 Å². The van der Waals surface area contributed by atoms with Gasteiger partial charge in [0, 0.05) is 41.0 Å². The highest BCUT2D eigenvalue weighted by molar-refractivity contribution is 6.19. The molecule has 0 radical (unpaired) electrons. The van der Waals surface area contributed by atoms with Crippen LogP contribution in [0.1, 0.15) is 31.8 Å². The third-order valence-corrected chi connectivity index (χ3v) is 5.08. The fourth-order valence-electron chi connectivity index (χ4n) is 3.69. The molecule has 0 atom stereocenters. The number of rotatable bonds is 0. The van der Waals surface area contributed by atoms with E-state index in [1.54, 1.807) is 36.7 Å². The molecule has 3 N–H and O–H groups in total. The molecule has 0 saturated carbocycles. The number of pyridine rings is 1. The molecule has 1 amide bonds. The fraction of sp³-hybridized carbons (Fsp3) is 0.0455. The summed E-state index contributed by atoms with van der Waals surface area (Å²) in [5.74, 6) is -0.545. The summed E-state index contributed by atoms with van der Waals surface area (Å²) in [6, 6.07) is 13.8. The highest BCUT2D eigenvalue weighted by atomic mass is 16.3. The van der Waals surface area contributed by atoms with Crippen molar-refractivity contribution >= 4 is 22.7 Å². The van der Waals surface area contributed by atoms with E-state index >= 15 is 0 Å². The number of nitrogens with one attached hydrogen (secondary N) is 2. The van der Waals surface area contributed by atoms with Gasteiger partial charge in [-0.25, -0.2) is 4.98 Å². The predicted octanol–water partition coefficient (Wildman–Crippen LogP) is 3.41. The molecule has 6 heteroatoms. The lowest BCUT2D eigenvalue weighted by molar-refractivity contribution is 0.0948. The average Bonchev–Trinajstić information content (AvgIpc) is 3.16. The molecule has 0 unspecified atom stereocenters. The smallest absolute Gasteiger partial charge is 0.251 e. The Morgan fingerprint density at radius 3 is 2.64 bits per heavy atom. The molecule has 1 aliphatic rings. The first-order chi connectivity index (χ1) is 13.6. The van der Waals surface area contributed by atoms with E-state index in [2.05, 4.69) is 15.3 Å². The molecule has 0 aliphatic carbocycles. The number of phenols is 1. The van der Waals surface area contributed by atoms with Crippen molar-refractivity contribution in [3.05, 3.63) is 83.2 Å². The molecular weight excluding hydrogens is 354 g/mol. The summed E-state index contributed by atoms with van der Waals surface area (Å²) < 4.78 is 0. The van der Waals surface area contributed by atoms with E-state index in [4.69, 9.17) is 0 Å². The van der Waals surface area contributed by atoms with Gasteiger partial charge in [0.1, 0.15) is 11.4 Å². The monoisotopic (exact) mass is 369 g/mol. The molecule has 5 rings (SSSR count). The molecular formula is C22H15N3O3. The van der Waals surface area contributed by atoms with Gasteiger partial charge < -0.3 is 15.4 Å². The van der Waals surface area contributed by atoms with Gasteiger partial charge in [-0.15, -0.1) is 0 Å². The van der Waals surface area contributed by atoms with E-state index in [0.29, 0.717) is 33.3 Å². The number of ketones is 1. The largest absolute Gasteiger partial charge is 0.508 e. The van der Waals surface area contributed by atoms with Crippen molar-refractivity contribution in [3.8, 4) is 16.9 Å². The number of carbonyl (C=O) groups is 2. The van der Waals surface area contributed by atoms with Crippen molar-refractivity contribution in [1.29, 1.82) is 0 Å². The Hall–Kier alpha value is -3.93.